The van der Waals surface area contributed by atoms with E-state index < -0.39 is 9.04 Å². The van der Waals surface area contributed by atoms with E-state index in [-0.39, 0.29) is 64.0 Å². The van der Waals surface area contributed by atoms with Gasteiger partial charge < -0.3 is 32.4 Å². The number of nitrogens with two attached hydrogens (primary N) is 1. The van der Waals surface area contributed by atoms with Crippen LogP contribution in [0.1, 0.15) is 0 Å². The van der Waals surface area contributed by atoms with Crippen molar-refractivity contribution in [3.05, 3.63) is 40.5 Å². The summed E-state index contributed by atoms with van der Waals surface area (Å²) in [6.07, 6.45) is 0. The monoisotopic (exact) mass is 419 g/mol. The van der Waals surface area contributed by atoms with Crippen LogP contribution >= 0.6 is 0 Å². The van der Waals surface area contributed by atoms with E-state index in [1.54, 1.807) is 6.07 Å². The van der Waals surface area contributed by atoms with Crippen molar-refractivity contribution in [2.75, 3.05) is 5.73 Å². The molecule has 3 N–H and O–H groups in total. The van der Waals surface area contributed by atoms with Gasteiger partial charge in [-0.15, -0.1) is 10.2 Å². The van der Waals surface area contributed by atoms with Gasteiger partial charge in [0.1, 0.15) is 5.75 Å². The second kappa shape index (κ2) is 11.2. The first-order valence-corrected chi connectivity index (χ1v) is 7.19. The number of hydrogen-bond donors (Lipinski definition) is 2. The third kappa shape index (κ3) is 6.29. The Bertz CT molecular complexity index is 479. The number of nitrogen functional groups attached to an aromatic ring is 1. The molecule has 1 aromatic heterocycles. The maximum atomic E-state index is 5.88. The fourth-order valence-electron chi connectivity index (χ4n) is 1.28. The van der Waals surface area contributed by atoms with Gasteiger partial charge in [0.05, 0.1) is 5.69 Å². The molecule has 2 aromatic rings. The number of anilines is 1. The fraction of sp³-hybridized carbons (Fsp3) is 0.167. The van der Waals surface area contributed by atoms with Gasteiger partial charge in [-0.25, -0.2) is 0 Å². The van der Waals surface area contributed by atoms with Gasteiger partial charge >= 0.3 is 41.7 Å². The summed E-state index contributed by atoms with van der Waals surface area (Å²) in [6, 6.07) is 5.48. The number of benzene rings is 1. The predicted octanol–water partition coefficient (Wildman–Crippen LogP) is 2.43. The first kappa shape index (κ1) is 24.5. The average molecular weight is 420 g/mol. The molecule has 6 nitrogen and oxygen atoms in total. The summed E-state index contributed by atoms with van der Waals surface area (Å²) in [5, 5.41) is 13.7. The Morgan fingerprint density at radius 3 is 2.30 bits per heavy atom. The molecule has 8 heteroatoms. The molecule has 1 heterocycles. The smallest absolute Gasteiger partial charge is 0.541 e. The molecule has 108 valence electrons. The summed E-state index contributed by atoms with van der Waals surface area (Å²) in [4.78, 5) is 0. The Balaban J connectivity index is -0.000000722. The van der Waals surface area contributed by atoms with Crippen molar-refractivity contribution in [2.24, 2.45) is 0 Å². The minimum atomic E-state index is -0.805. The van der Waals surface area contributed by atoms with Crippen molar-refractivity contribution in [2.45, 2.75) is 13.1 Å². The Hall–Kier alpha value is -0.516. The topological polar surface area (TPSA) is 89.7 Å². The third-order valence-corrected chi connectivity index (χ3v) is 2.56. The normalized spacial score (nSPS) is 8.55. The van der Waals surface area contributed by atoms with Gasteiger partial charge in [-0.05, 0) is 36.5 Å². The fourth-order valence-corrected chi connectivity index (χ4v) is 1.91. The van der Waals surface area contributed by atoms with Gasteiger partial charge in [0.25, 0.3) is 9.04 Å². The van der Waals surface area contributed by atoms with E-state index in [1.807, 2.05) is 12.1 Å². The number of nitrogens with zero attached hydrogens (tertiary/aromatic N) is 3. The number of tetrazole rings is 1. The first-order chi connectivity index (χ1) is 7.66. The number of aromatic nitrogens is 4. The van der Waals surface area contributed by atoms with Gasteiger partial charge in [0.15, 0.2) is 0 Å². The number of nitrogens with one attached hydrogen (secondary N) is 1. The zero-order valence-corrected chi connectivity index (χ0v) is 16.7. The maximum absolute atomic E-state index is 5.88. The summed E-state index contributed by atoms with van der Waals surface area (Å²) in [5.74, 6) is 1.24. The van der Waals surface area contributed by atoms with Gasteiger partial charge in [0, 0.05) is 5.56 Å². The van der Waals surface area contributed by atoms with Crippen LogP contribution in [0.15, 0.2) is 18.2 Å². The molecule has 0 atom stereocenters. The van der Waals surface area contributed by atoms with Crippen LogP contribution in [0.5, 0.6) is 5.75 Å². The summed E-state index contributed by atoms with van der Waals surface area (Å²) in [7, 11) is -0.805. The van der Waals surface area contributed by atoms with Crippen molar-refractivity contribution in [3.8, 4) is 17.1 Å². The van der Waals surface area contributed by atoms with Crippen LogP contribution < -0.4 is 10.2 Å². The largest absolute Gasteiger partial charge is 3.00 e. The molecular weight excluding hydrogens is 398 g/mol. The molecule has 2 radical (unpaired) electrons. The van der Waals surface area contributed by atoms with E-state index in [0.717, 1.165) is 5.56 Å². The van der Waals surface area contributed by atoms with Crippen molar-refractivity contribution < 1.29 is 46.2 Å². The van der Waals surface area contributed by atoms with Gasteiger partial charge in [-0.2, -0.15) is 5.21 Å². The van der Waals surface area contributed by atoms with Crippen molar-refractivity contribution in [1.29, 1.82) is 0 Å². The van der Waals surface area contributed by atoms with Crippen molar-refractivity contribution in [3.63, 3.8) is 0 Å². The van der Waals surface area contributed by atoms with E-state index in [1.165, 1.54) is 0 Å². The van der Waals surface area contributed by atoms with E-state index in [4.69, 9.17) is 10.2 Å². The third-order valence-electron chi connectivity index (χ3n) is 1.93. The van der Waals surface area contributed by atoms with E-state index in [9.17, 15) is 0 Å². The molecular formula is C12H21CeN5OSi. The molecule has 1 aromatic carbocycles. The second-order valence-corrected chi connectivity index (χ2v) is 5.52. The maximum Gasteiger partial charge on any atom is 3.00 e. The van der Waals surface area contributed by atoms with E-state index >= 15 is 0 Å². The second-order valence-electron chi connectivity index (χ2n) is 3.50. The van der Waals surface area contributed by atoms with Gasteiger partial charge in [-0.1, -0.05) is 0 Å². The summed E-state index contributed by atoms with van der Waals surface area (Å²) in [6.45, 7) is 4.11. The molecule has 0 amide bonds. The first-order valence-electron chi connectivity index (χ1n) is 4.78. The standard InChI is InChI=1S/C9H12N5OSi.3CH3.Ce/c1-16(2)15-8-4-3-6(5-7(8)10)9-11-13-14-12-9;;;;/h3-5H,10H2,1-2H3,(H,11,12,13,14);3*1H3;/q;3*-1;+3. The van der Waals surface area contributed by atoms with Gasteiger partial charge in [-0.3, -0.25) is 0 Å². The number of rotatable bonds is 3. The van der Waals surface area contributed by atoms with Crippen LogP contribution in [0.25, 0.3) is 11.4 Å². The molecule has 0 saturated carbocycles. The van der Waals surface area contributed by atoms with Crippen molar-refractivity contribution in [1.82, 2.24) is 20.6 Å². The SMILES string of the molecule is C[Si](C)Oc1ccc(-c2nn[nH]n2)cc1N.[CH3-].[CH3-].[CH3-].[Ce+3]. The molecule has 0 saturated heterocycles. The molecule has 0 bridgehead atoms. The molecule has 20 heavy (non-hydrogen) atoms. The summed E-state index contributed by atoms with van der Waals surface area (Å²) in [5.41, 5.74) is 7.29. The summed E-state index contributed by atoms with van der Waals surface area (Å²) >= 11 is 0. The van der Waals surface area contributed by atoms with Crippen LogP contribution in [-0.2, 0) is 0 Å². The minimum Gasteiger partial charge on any atom is -0.541 e. The zero-order chi connectivity index (χ0) is 11.5. The average Bonchev–Trinajstić information content (AvgIpc) is 2.73. The number of hydrogen-bond acceptors (Lipinski definition) is 5. The molecule has 0 aliphatic rings. The summed E-state index contributed by atoms with van der Waals surface area (Å²) < 4.78 is 5.63. The van der Waals surface area contributed by atoms with Gasteiger partial charge in [0.2, 0.25) is 5.82 Å². The predicted molar refractivity (Wildman–Crippen MR) is 81.4 cm³/mol. The number of aromatic amines is 1. The Morgan fingerprint density at radius 2 is 1.85 bits per heavy atom. The van der Waals surface area contributed by atoms with Crippen molar-refractivity contribution >= 4 is 14.7 Å². The van der Waals surface area contributed by atoms with Crippen LogP contribution in [0.2, 0.25) is 13.1 Å². The number of H-pyrrole nitrogens is 1. The van der Waals surface area contributed by atoms with Crippen LogP contribution in [0, 0.1) is 64.0 Å². The molecule has 0 unspecified atom stereocenters. The zero-order valence-electron chi connectivity index (χ0n) is 12.6. The quantitative estimate of drug-likeness (QED) is 0.453. The molecule has 0 aliphatic heterocycles. The van der Waals surface area contributed by atoms with E-state index in [0.29, 0.717) is 17.3 Å². The Labute approximate surface area is 157 Å². The molecule has 0 aliphatic carbocycles. The Kier molecular flexibility index (Phi) is 13.7. The van der Waals surface area contributed by atoms with Crippen LogP contribution in [0.4, 0.5) is 5.69 Å². The minimum absolute atomic E-state index is 0. The van der Waals surface area contributed by atoms with Crippen LogP contribution in [-0.4, -0.2) is 29.7 Å². The molecule has 2 rings (SSSR count). The van der Waals surface area contributed by atoms with Crippen LogP contribution in [0.3, 0.4) is 0 Å². The molecule has 0 fully saturated rings. The Morgan fingerprint density at radius 1 is 1.20 bits per heavy atom. The van der Waals surface area contributed by atoms with E-state index in [2.05, 4.69) is 33.7 Å². The molecule has 0 spiro atoms.